The lowest BCUT2D eigenvalue weighted by molar-refractivity contribution is -0.155. The summed E-state index contributed by atoms with van der Waals surface area (Å²) in [6, 6.07) is 7.87. The molecule has 2 aliphatic rings. The summed E-state index contributed by atoms with van der Waals surface area (Å²) < 4.78 is 0. The third-order valence-electron chi connectivity index (χ3n) is 5.50. The zero-order valence-corrected chi connectivity index (χ0v) is 15.8. The second-order valence-electron chi connectivity index (χ2n) is 7.46. The Hall–Kier alpha value is -1.59. The molecule has 5 nitrogen and oxygen atoms in total. The molecule has 2 fully saturated rings. The molecule has 2 aliphatic heterocycles. The van der Waals surface area contributed by atoms with Crippen molar-refractivity contribution in [3.63, 3.8) is 0 Å². The van der Waals surface area contributed by atoms with Crippen LogP contribution in [0, 0.1) is 5.41 Å². The van der Waals surface area contributed by atoms with Gasteiger partial charge in [-0.05, 0) is 30.0 Å². The predicted octanol–water partition coefficient (Wildman–Crippen LogP) is 2.98. The monoisotopic (exact) mass is 363 g/mol. The highest BCUT2D eigenvalue weighted by Gasteiger charge is 2.39. The van der Waals surface area contributed by atoms with Gasteiger partial charge in [0.1, 0.15) is 0 Å². The number of benzene rings is 1. The minimum Gasteiger partial charge on any atom is -0.369 e. The molecule has 0 spiro atoms. The molecule has 3 rings (SSSR count). The molecule has 0 radical (unpaired) electrons. The van der Waals surface area contributed by atoms with Crippen molar-refractivity contribution in [2.24, 2.45) is 5.41 Å². The number of nitrogens with zero attached hydrogens (tertiary/aromatic N) is 3. The molecule has 0 aromatic heterocycles. The Morgan fingerprint density at radius 2 is 1.72 bits per heavy atom. The SMILES string of the molecule is CCC1(C)CC(=O)N(CN2CCN(c3cccc(Cl)c3)CC2)C(=O)C1. The first-order chi connectivity index (χ1) is 11.9. The van der Waals surface area contributed by atoms with Crippen LogP contribution in [0.2, 0.25) is 5.02 Å². The number of hydrogen-bond donors (Lipinski definition) is 0. The number of rotatable bonds is 4. The summed E-state index contributed by atoms with van der Waals surface area (Å²) in [4.78, 5) is 30.8. The third kappa shape index (κ3) is 4.15. The normalized spacial score (nSPS) is 21.7. The lowest BCUT2D eigenvalue weighted by atomic mass is 9.77. The number of piperazine rings is 1. The Morgan fingerprint density at radius 1 is 1.08 bits per heavy atom. The summed E-state index contributed by atoms with van der Waals surface area (Å²) in [5, 5.41) is 0.739. The van der Waals surface area contributed by atoms with Crippen molar-refractivity contribution in [2.45, 2.75) is 33.1 Å². The summed E-state index contributed by atoms with van der Waals surface area (Å²) in [6.45, 7) is 7.88. The molecular weight excluding hydrogens is 338 g/mol. The van der Waals surface area contributed by atoms with Crippen LogP contribution >= 0.6 is 11.6 Å². The topological polar surface area (TPSA) is 43.9 Å². The maximum atomic E-state index is 12.4. The number of imide groups is 1. The maximum Gasteiger partial charge on any atom is 0.230 e. The van der Waals surface area contributed by atoms with Crippen molar-refractivity contribution >= 4 is 29.1 Å². The van der Waals surface area contributed by atoms with Crippen molar-refractivity contribution in [1.82, 2.24) is 9.80 Å². The molecule has 136 valence electrons. The fourth-order valence-electron chi connectivity index (χ4n) is 3.55. The molecule has 2 amide bonds. The zero-order chi connectivity index (χ0) is 18.0. The Bertz CT molecular complexity index is 638. The molecular formula is C19H26ClN3O2. The average molecular weight is 364 g/mol. The summed E-state index contributed by atoms with van der Waals surface area (Å²) in [7, 11) is 0. The van der Waals surface area contributed by atoms with E-state index in [-0.39, 0.29) is 17.2 Å². The maximum absolute atomic E-state index is 12.4. The predicted molar refractivity (Wildman–Crippen MR) is 99.6 cm³/mol. The average Bonchev–Trinajstić information content (AvgIpc) is 2.59. The van der Waals surface area contributed by atoms with Gasteiger partial charge >= 0.3 is 0 Å². The fourth-order valence-corrected chi connectivity index (χ4v) is 3.74. The van der Waals surface area contributed by atoms with E-state index in [1.807, 2.05) is 32.0 Å². The standard InChI is InChI=1S/C19H26ClN3O2/c1-3-19(2)12-17(24)23(18(25)13-19)14-21-7-9-22(10-8-21)16-6-4-5-15(20)11-16/h4-6,11H,3,7-10,12-14H2,1-2H3. The van der Waals surface area contributed by atoms with Gasteiger partial charge in [0.2, 0.25) is 11.8 Å². The molecule has 0 saturated carbocycles. The van der Waals surface area contributed by atoms with E-state index in [1.165, 1.54) is 4.90 Å². The number of amides is 2. The first-order valence-electron chi connectivity index (χ1n) is 8.96. The van der Waals surface area contributed by atoms with Crippen LogP contribution in [0.4, 0.5) is 5.69 Å². The number of anilines is 1. The minimum atomic E-state index is -0.171. The van der Waals surface area contributed by atoms with Crippen LogP contribution in [0.1, 0.15) is 33.1 Å². The van der Waals surface area contributed by atoms with Crippen molar-refractivity contribution < 1.29 is 9.59 Å². The summed E-state index contributed by atoms with van der Waals surface area (Å²) in [5.41, 5.74) is 0.951. The fraction of sp³-hybridized carbons (Fsp3) is 0.579. The van der Waals surface area contributed by atoms with Gasteiger partial charge in [0.25, 0.3) is 0 Å². The Morgan fingerprint density at radius 3 is 2.28 bits per heavy atom. The van der Waals surface area contributed by atoms with Crippen LogP contribution in [-0.2, 0) is 9.59 Å². The van der Waals surface area contributed by atoms with Crippen LogP contribution in [-0.4, -0.2) is 54.5 Å². The number of halogens is 1. The van der Waals surface area contributed by atoms with Gasteiger partial charge in [-0.25, -0.2) is 0 Å². The van der Waals surface area contributed by atoms with Gasteiger partial charge in [-0.1, -0.05) is 31.5 Å². The van der Waals surface area contributed by atoms with E-state index in [1.54, 1.807) is 0 Å². The van der Waals surface area contributed by atoms with Gasteiger partial charge in [-0.15, -0.1) is 0 Å². The largest absolute Gasteiger partial charge is 0.369 e. The number of likely N-dealkylation sites (tertiary alicyclic amines) is 1. The Kier molecular flexibility index (Phi) is 5.35. The molecule has 2 heterocycles. The third-order valence-corrected chi connectivity index (χ3v) is 5.73. The lowest BCUT2D eigenvalue weighted by Gasteiger charge is -2.41. The number of carbonyl (C=O) groups is 2. The molecule has 0 unspecified atom stereocenters. The first-order valence-corrected chi connectivity index (χ1v) is 9.34. The second-order valence-corrected chi connectivity index (χ2v) is 7.90. The Balaban J connectivity index is 1.56. The highest BCUT2D eigenvalue weighted by molar-refractivity contribution is 6.30. The van der Waals surface area contributed by atoms with E-state index < -0.39 is 0 Å². The van der Waals surface area contributed by atoms with E-state index >= 15 is 0 Å². The Labute approximate surface area is 154 Å². The molecule has 2 saturated heterocycles. The van der Waals surface area contributed by atoms with E-state index in [2.05, 4.69) is 15.9 Å². The van der Waals surface area contributed by atoms with Crippen LogP contribution in [0.3, 0.4) is 0 Å². The van der Waals surface area contributed by atoms with Gasteiger partial charge in [-0.2, -0.15) is 0 Å². The summed E-state index contributed by atoms with van der Waals surface area (Å²) >= 11 is 6.07. The molecule has 0 N–H and O–H groups in total. The van der Waals surface area contributed by atoms with Crippen molar-refractivity contribution in [3.8, 4) is 0 Å². The van der Waals surface area contributed by atoms with Crippen LogP contribution < -0.4 is 4.90 Å². The van der Waals surface area contributed by atoms with Crippen LogP contribution in [0.5, 0.6) is 0 Å². The summed E-state index contributed by atoms with van der Waals surface area (Å²) in [6.07, 6.45) is 1.80. The van der Waals surface area contributed by atoms with Gasteiger partial charge < -0.3 is 4.90 Å². The van der Waals surface area contributed by atoms with Crippen LogP contribution in [0.15, 0.2) is 24.3 Å². The van der Waals surface area contributed by atoms with Crippen LogP contribution in [0.25, 0.3) is 0 Å². The zero-order valence-electron chi connectivity index (χ0n) is 15.0. The van der Waals surface area contributed by atoms with Gasteiger partial charge in [0.05, 0.1) is 6.67 Å². The quantitative estimate of drug-likeness (QED) is 0.771. The van der Waals surface area contributed by atoms with Gasteiger partial charge in [0, 0.05) is 49.7 Å². The van der Waals surface area contributed by atoms with Crippen molar-refractivity contribution in [1.29, 1.82) is 0 Å². The first kappa shape index (κ1) is 18.2. The number of hydrogen-bond acceptors (Lipinski definition) is 4. The highest BCUT2D eigenvalue weighted by Crippen LogP contribution is 2.35. The van der Waals surface area contributed by atoms with E-state index in [9.17, 15) is 9.59 Å². The second kappa shape index (κ2) is 7.34. The molecule has 1 aromatic carbocycles. The molecule has 25 heavy (non-hydrogen) atoms. The van der Waals surface area contributed by atoms with Crippen molar-refractivity contribution in [3.05, 3.63) is 29.3 Å². The highest BCUT2D eigenvalue weighted by atomic mass is 35.5. The smallest absolute Gasteiger partial charge is 0.230 e. The van der Waals surface area contributed by atoms with Gasteiger partial charge in [-0.3, -0.25) is 19.4 Å². The summed E-state index contributed by atoms with van der Waals surface area (Å²) in [5.74, 6) is -0.0595. The lowest BCUT2D eigenvalue weighted by Crippen LogP contribution is -2.55. The number of carbonyl (C=O) groups excluding carboxylic acids is 2. The van der Waals surface area contributed by atoms with E-state index in [4.69, 9.17) is 11.6 Å². The molecule has 0 aliphatic carbocycles. The van der Waals surface area contributed by atoms with Crippen molar-refractivity contribution in [2.75, 3.05) is 37.7 Å². The van der Waals surface area contributed by atoms with E-state index in [0.717, 1.165) is 43.3 Å². The van der Waals surface area contributed by atoms with Gasteiger partial charge in [0.15, 0.2) is 0 Å². The molecule has 1 aromatic rings. The molecule has 6 heteroatoms. The van der Waals surface area contributed by atoms with E-state index in [0.29, 0.717) is 19.5 Å². The number of piperidine rings is 1. The minimum absolute atomic E-state index is 0.0297. The molecule has 0 atom stereocenters. The molecule has 0 bridgehead atoms.